The number of nitrogens with zero attached hydrogens (tertiary/aromatic N) is 1. The Balaban J connectivity index is 2.61. The average Bonchev–Trinajstić information content (AvgIpc) is 2.04. The highest BCUT2D eigenvalue weighted by atomic mass is 19.4. The van der Waals surface area contributed by atoms with E-state index in [4.69, 9.17) is 0 Å². The fourth-order valence-corrected chi connectivity index (χ4v) is 0.624. The zero-order chi connectivity index (χ0) is 9.90. The molecule has 2 nitrogen and oxygen atoms in total. The van der Waals surface area contributed by atoms with Crippen molar-refractivity contribution >= 4 is 0 Å². The Morgan fingerprint density at radius 2 is 2.23 bits per heavy atom. The van der Waals surface area contributed by atoms with Crippen molar-refractivity contribution in [1.82, 2.24) is 4.98 Å². The number of rotatable bonds is 2. The summed E-state index contributed by atoms with van der Waals surface area (Å²) in [5, 5.41) is 0. The molecule has 1 radical (unpaired) electrons. The van der Waals surface area contributed by atoms with E-state index in [-0.39, 0.29) is 5.88 Å². The highest BCUT2D eigenvalue weighted by Crippen LogP contribution is 2.23. The van der Waals surface area contributed by atoms with Gasteiger partial charge >= 0.3 is 6.18 Å². The summed E-state index contributed by atoms with van der Waals surface area (Å²) < 4.78 is 40.4. The summed E-state index contributed by atoms with van der Waals surface area (Å²) in [7, 11) is 0. The molecule has 0 saturated heterocycles. The predicted molar refractivity (Wildman–Crippen MR) is 39.2 cm³/mol. The van der Waals surface area contributed by atoms with Crippen molar-refractivity contribution in [2.75, 3.05) is 0 Å². The molecule has 0 fully saturated rings. The average molecular weight is 190 g/mol. The Kier molecular flexibility index (Phi) is 2.75. The van der Waals surface area contributed by atoms with Gasteiger partial charge < -0.3 is 4.74 Å². The Labute approximate surface area is 73.4 Å². The van der Waals surface area contributed by atoms with E-state index in [0.717, 1.165) is 6.92 Å². The molecule has 0 saturated carbocycles. The molecular formula is C8H7F3NO. The van der Waals surface area contributed by atoms with Crippen LogP contribution in [0.2, 0.25) is 0 Å². The molecule has 0 aliphatic rings. The maximum atomic E-state index is 12.0. The largest absolute Gasteiger partial charge is 0.465 e. The van der Waals surface area contributed by atoms with Gasteiger partial charge in [0.25, 0.3) is 0 Å². The number of halogens is 3. The first-order chi connectivity index (χ1) is 6.00. The molecule has 1 unspecified atom stereocenters. The topological polar surface area (TPSA) is 22.1 Å². The Hall–Kier alpha value is -1.26. The van der Waals surface area contributed by atoms with E-state index in [1.165, 1.54) is 18.3 Å². The van der Waals surface area contributed by atoms with E-state index in [0.29, 0.717) is 0 Å². The van der Waals surface area contributed by atoms with Gasteiger partial charge in [0.1, 0.15) is 0 Å². The van der Waals surface area contributed by atoms with Gasteiger partial charge in [0, 0.05) is 18.3 Å². The minimum atomic E-state index is -4.36. The van der Waals surface area contributed by atoms with E-state index in [2.05, 4.69) is 15.8 Å². The standard InChI is InChI=1S/C8H7F3NO/c1-6(8(9,10)11)13-7-4-2-3-5-12-7/h2,4-6H,1H3. The van der Waals surface area contributed by atoms with Gasteiger partial charge in [-0.1, -0.05) is 0 Å². The SMILES string of the molecule is CC(Oc1cc[c]cn1)C(F)(F)F. The van der Waals surface area contributed by atoms with Crippen molar-refractivity contribution in [3.05, 3.63) is 24.4 Å². The van der Waals surface area contributed by atoms with Crippen LogP contribution in [0.3, 0.4) is 0 Å². The molecule has 0 bridgehead atoms. The van der Waals surface area contributed by atoms with Crippen molar-refractivity contribution in [3.63, 3.8) is 0 Å². The second-order valence-corrected chi connectivity index (χ2v) is 2.40. The Morgan fingerprint density at radius 3 is 2.69 bits per heavy atom. The smallest absolute Gasteiger partial charge is 0.425 e. The van der Waals surface area contributed by atoms with E-state index in [1.807, 2.05) is 0 Å². The van der Waals surface area contributed by atoms with E-state index in [1.54, 1.807) is 0 Å². The number of hydrogen-bond acceptors (Lipinski definition) is 2. The number of pyridine rings is 1. The molecular weight excluding hydrogens is 183 g/mol. The van der Waals surface area contributed by atoms with Crippen LogP contribution < -0.4 is 4.74 Å². The van der Waals surface area contributed by atoms with Crippen molar-refractivity contribution in [2.24, 2.45) is 0 Å². The molecule has 0 aromatic carbocycles. The summed E-state index contributed by atoms with van der Waals surface area (Å²) in [6.07, 6.45) is -4.96. The molecule has 0 amide bonds. The Bertz CT molecular complexity index is 260. The molecule has 5 heteroatoms. The minimum Gasteiger partial charge on any atom is -0.465 e. The van der Waals surface area contributed by atoms with Crippen LogP contribution in [0, 0.1) is 6.07 Å². The predicted octanol–water partition coefficient (Wildman–Crippen LogP) is 2.21. The quantitative estimate of drug-likeness (QED) is 0.713. The molecule has 1 aromatic rings. The summed E-state index contributed by atoms with van der Waals surface area (Å²) in [5.41, 5.74) is 0. The van der Waals surface area contributed by atoms with Crippen molar-refractivity contribution in [2.45, 2.75) is 19.2 Å². The third-order valence-corrected chi connectivity index (χ3v) is 1.35. The maximum absolute atomic E-state index is 12.0. The first-order valence-corrected chi connectivity index (χ1v) is 3.55. The van der Waals surface area contributed by atoms with Gasteiger partial charge in [0.05, 0.1) is 0 Å². The minimum absolute atomic E-state index is 0.0522. The van der Waals surface area contributed by atoms with Gasteiger partial charge in [-0.15, -0.1) is 0 Å². The molecule has 0 aliphatic heterocycles. The van der Waals surface area contributed by atoms with Crippen LogP contribution >= 0.6 is 0 Å². The van der Waals surface area contributed by atoms with Crippen LogP contribution in [0.4, 0.5) is 13.2 Å². The van der Waals surface area contributed by atoms with Gasteiger partial charge in [0.15, 0.2) is 6.10 Å². The lowest BCUT2D eigenvalue weighted by Gasteiger charge is -2.16. The summed E-state index contributed by atoms with van der Waals surface area (Å²) in [6, 6.07) is 5.33. The molecule has 1 rings (SSSR count). The van der Waals surface area contributed by atoms with Crippen LogP contribution in [-0.4, -0.2) is 17.3 Å². The first kappa shape index (κ1) is 9.83. The number of aromatic nitrogens is 1. The maximum Gasteiger partial charge on any atom is 0.425 e. The number of alkyl halides is 3. The molecule has 0 aliphatic carbocycles. The highest BCUT2D eigenvalue weighted by Gasteiger charge is 2.38. The molecule has 0 N–H and O–H groups in total. The highest BCUT2D eigenvalue weighted by molar-refractivity contribution is 5.08. The van der Waals surface area contributed by atoms with Crippen molar-refractivity contribution in [3.8, 4) is 5.88 Å². The lowest BCUT2D eigenvalue weighted by molar-refractivity contribution is -0.189. The van der Waals surface area contributed by atoms with Gasteiger partial charge in [-0.3, -0.25) is 0 Å². The normalized spacial score (nSPS) is 13.8. The zero-order valence-corrected chi connectivity index (χ0v) is 6.80. The second-order valence-electron chi connectivity index (χ2n) is 2.40. The van der Waals surface area contributed by atoms with Crippen LogP contribution in [0.5, 0.6) is 5.88 Å². The number of ether oxygens (including phenoxy) is 1. The third kappa shape index (κ3) is 2.93. The molecule has 71 valence electrons. The van der Waals surface area contributed by atoms with Crippen LogP contribution in [0.25, 0.3) is 0 Å². The first-order valence-electron chi connectivity index (χ1n) is 3.55. The van der Waals surface area contributed by atoms with Gasteiger partial charge in [-0.25, -0.2) is 4.98 Å². The molecule has 1 atom stereocenters. The third-order valence-electron chi connectivity index (χ3n) is 1.35. The van der Waals surface area contributed by atoms with Crippen molar-refractivity contribution < 1.29 is 17.9 Å². The second kappa shape index (κ2) is 3.64. The van der Waals surface area contributed by atoms with Gasteiger partial charge in [-0.2, -0.15) is 13.2 Å². The van der Waals surface area contributed by atoms with Crippen LogP contribution in [-0.2, 0) is 0 Å². The van der Waals surface area contributed by atoms with Crippen LogP contribution in [0.1, 0.15) is 6.92 Å². The summed E-state index contributed by atoms with van der Waals surface area (Å²) in [5.74, 6) is -0.0522. The molecule has 13 heavy (non-hydrogen) atoms. The Morgan fingerprint density at radius 1 is 1.54 bits per heavy atom. The monoisotopic (exact) mass is 190 g/mol. The van der Waals surface area contributed by atoms with Gasteiger partial charge in [0.2, 0.25) is 5.88 Å². The fraction of sp³-hybridized carbons (Fsp3) is 0.375. The van der Waals surface area contributed by atoms with E-state index < -0.39 is 12.3 Å². The lowest BCUT2D eigenvalue weighted by Crippen LogP contribution is -2.31. The van der Waals surface area contributed by atoms with E-state index in [9.17, 15) is 13.2 Å². The molecule has 1 aromatic heterocycles. The lowest BCUT2D eigenvalue weighted by atomic mass is 10.4. The molecule has 0 spiro atoms. The summed E-state index contributed by atoms with van der Waals surface area (Å²) >= 11 is 0. The summed E-state index contributed by atoms with van der Waals surface area (Å²) in [4.78, 5) is 3.55. The fourth-order valence-electron chi connectivity index (χ4n) is 0.624. The van der Waals surface area contributed by atoms with E-state index >= 15 is 0 Å². The van der Waals surface area contributed by atoms with Crippen LogP contribution in [0.15, 0.2) is 18.3 Å². The number of hydrogen-bond donors (Lipinski definition) is 0. The van der Waals surface area contributed by atoms with Gasteiger partial charge in [-0.05, 0) is 13.0 Å². The van der Waals surface area contributed by atoms with Crippen molar-refractivity contribution in [1.29, 1.82) is 0 Å². The zero-order valence-electron chi connectivity index (χ0n) is 6.80. The molecule has 1 heterocycles. The summed E-state index contributed by atoms with van der Waals surface area (Å²) in [6.45, 7) is 0.929.